The van der Waals surface area contributed by atoms with E-state index in [2.05, 4.69) is 46.7 Å². The van der Waals surface area contributed by atoms with Crippen molar-refractivity contribution in [3.05, 3.63) is 26.8 Å². The molecule has 0 aromatic heterocycles. The summed E-state index contributed by atoms with van der Waals surface area (Å²) in [5.74, 6) is 0.943. The molecule has 16 heavy (non-hydrogen) atoms. The van der Waals surface area contributed by atoms with E-state index in [9.17, 15) is 0 Å². The van der Waals surface area contributed by atoms with E-state index in [0.29, 0.717) is 16.9 Å². The minimum absolute atomic E-state index is 0.439. The molecule has 1 rings (SSSR count). The van der Waals surface area contributed by atoms with E-state index >= 15 is 0 Å². The van der Waals surface area contributed by atoms with E-state index in [4.69, 9.17) is 17.3 Å². The van der Waals surface area contributed by atoms with Crippen LogP contribution in [0.3, 0.4) is 0 Å². The number of hydrogen-bond acceptors (Lipinski definition) is 1. The molecule has 0 aliphatic rings. The molecule has 1 aromatic rings. The number of aliphatic imine (C=N–C) groups is 1. The summed E-state index contributed by atoms with van der Waals surface area (Å²) in [6.45, 7) is 4.93. The molecule has 0 saturated carbocycles. The molecule has 0 aliphatic carbocycles. The van der Waals surface area contributed by atoms with Crippen LogP contribution in [0.15, 0.2) is 23.2 Å². The Morgan fingerprint density at radius 1 is 1.56 bits per heavy atom. The summed E-state index contributed by atoms with van der Waals surface area (Å²) in [4.78, 5) is 4.23. The molecule has 0 bridgehead atoms. The quantitative estimate of drug-likeness (QED) is 0.498. The van der Waals surface area contributed by atoms with Gasteiger partial charge in [0, 0.05) is 15.1 Å². The van der Waals surface area contributed by atoms with Gasteiger partial charge in [0.05, 0.1) is 5.69 Å². The largest absolute Gasteiger partial charge is 0.370 e. The first-order valence-corrected chi connectivity index (χ1v) is 6.46. The monoisotopic (exact) mass is 351 g/mol. The second-order valence-electron chi connectivity index (χ2n) is 3.87. The minimum Gasteiger partial charge on any atom is -0.370 e. The highest BCUT2D eigenvalue weighted by atomic mass is 127. The predicted molar refractivity (Wildman–Crippen MR) is 79.1 cm³/mol. The van der Waals surface area contributed by atoms with Crippen LogP contribution < -0.4 is 11.1 Å². The smallest absolute Gasteiger partial charge is 0.193 e. The van der Waals surface area contributed by atoms with Crippen molar-refractivity contribution < 1.29 is 0 Å². The number of benzene rings is 1. The first kappa shape index (κ1) is 13.6. The molecule has 0 saturated heterocycles. The molecule has 5 heteroatoms. The summed E-state index contributed by atoms with van der Waals surface area (Å²) in [5.41, 5.74) is 6.69. The van der Waals surface area contributed by atoms with Crippen LogP contribution in [0.4, 0.5) is 5.69 Å². The molecule has 3 nitrogen and oxygen atoms in total. The van der Waals surface area contributed by atoms with E-state index < -0.39 is 0 Å². The van der Waals surface area contributed by atoms with Gasteiger partial charge in [0.25, 0.3) is 0 Å². The van der Waals surface area contributed by atoms with Crippen molar-refractivity contribution in [3.8, 4) is 0 Å². The molecule has 1 aromatic carbocycles. The summed E-state index contributed by atoms with van der Waals surface area (Å²) in [6, 6.07) is 5.59. The number of nitrogens with one attached hydrogen (secondary N) is 1. The molecule has 0 heterocycles. The zero-order valence-electron chi connectivity index (χ0n) is 9.30. The molecule has 0 amide bonds. The van der Waals surface area contributed by atoms with Gasteiger partial charge in [0.1, 0.15) is 0 Å². The van der Waals surface area contributed by atoms with E-state index in [-0.39, 0.29) is 0 Å². The van der Waals surface area contributed by atoms with E-state index in [0.717, 1.165) is 15.8 Å². The molecular formula is C11H15ClIN3. The van der Waals surface area contributed by atoms with E-state index in [1.807, 2.05) is 18.2 Å². The Balaban J connectivity index is 2.69. The lowest BCUT2D eigenvalue weighted by molar-refractivity contribution is 0.665. The van der Waals surface area contributed by atoms with Gasteiger partial charge in [0.15, 0.2) is 5.96 Å². The Kier molecular flexibility index (Phi) is 5.34. The average Bonchev–Trinajstić information content (AvgIpc) is 2.19. The summed E-state index contributed by atoms with van der Waals surface area (Å²) in [5, 5.41) is 3.77. The fraction of sp³-hybridized carbons (Fsp3) is 0.364. The van der Waals surface area contributed by atoms with E-state index in [1.165, 1.54) is 0 Å². The molecule has 0 radical (unpaired) electrons. The second kappa shape index (κ2) is 6.30. The van der Waals surface area contributed by atoms with Gasteiger partial charge in [-0.2, -0.15) is 0 Å². The van der Waals surface area contributed by atoms with Crippen molar-refractivity contribution >= 4 is 45.8 Å². The fourth-order valence-corrected chi connectivity index (χ4v) is 2.06. The molecular weight excluding hydrogens is 336 g/mol. The Labute approximate surface area is 115 Å². The van der Waals surface area contributed by atoms with Crippen molar-refractivity contribution in [1.82, 2.24) is 0 Å². The van der Waals surface area contributed by atoms with Crippen LogP contribution in [0.5, 0.6) is 0 Å². The van der Waals surface area contributed by atoms with Crippen molar-refractivity contribution in [2.45, 2.75) is 13.8 Å². The van der Waals surface area contributed by atoms with Crippen molar-refractivity contribution in [2.75, 3.05) is 11.9 Å². The van der Waals surface area contributed by atoms with Crippen LogP contribution in [0.2, 0.25) is 5.02 Å². The molecule has 0 spiro atoms. The van der Waals surface area contributed by atoms with Crippen molar-refractivity contribution in [3.63, 3.8) is 0 Å². The van der Waals surface area contributed by atoms with Crippen LogP contribution in [0.1, 0.15) is 13.8 Å². The molecule has 0 aliphatic heterocycles. The maximum Gasteiger partial charge on any atom is 0.193 e. The zero-order chi connectivity index (χ0) is 12.1. The van der Waals surface area contributed by atoms with Crippen molar-refractivity contribution in [2.24, 2.45) is 16.6 Å². The summed E-state index contributed by atoms with van der Waals surface area (Å²) in [7, 11) is 0. The summed E-state index contributed by atoms with van der Waals surface area (Å²) < 4.78 is 1.02. The molecule has 3 N–H and O–H groups in total. The SMILES string of the molecule is CC(C)CN=C(N)Nc1ccc(Cl)cc1I. The Hall–Kier alpha value is -0.490. The third kappa shape index (κ3) is 4.57. The maximum absolute atomic E-state index is 5.86. The minimum atomic E-state index is 0.439. The Morgan fingerprint density at radius 3 is 2.81 bits per heavy atom. The zero-order valence-corrected chi connectivity index (χ0v) is 12.2. The standard InChI is InChI=1S/C11H15ClIN3/c1-7(2)6-15-11(14)16-10-4-3-8(12)5-9(10)13/h3-5,7H,6H2,1-2H3,(H3,14,15,16). The number of rotatable bonds is 3. The van der Waals surface area contributed by atoms with Crippen LogP contribution >= 0.6 is 34.2 Å². The van der Waals surface area contributed by atoms with Gasteiger partial charge < -0.3 is 11.1 Å². The first-order chi connectivity index (χ1) is 7.49. The van der Waals surface area contributed by atoms with Crippen LogP contribution in [-0.4, -0.2) is 12.5 Å². The highest BCUT2D eigenvalue weighted by Crippen LogP contribution is 2.21. The van der Waals surface area contributed by atoms with Gasteiger partial charge >= 0.3 is 0 Å². The molecule has 88 valence electrons. The number of anilines is 1. The number of guanidine groups is 1. The average molecular weight is 352 g/mol. The predicted octanol–water partition coefficient (Wildman–Crippen LogP) is 3.33. The van der Waals surface area contributed by atoms with Gasteiger partial charge in [0.2, 0.25) is 0 Å². The maximum atomic E-state index is 5.86. The van der Waals surface area contributed by atoms with Gasteiger partial charge in [-0.3, -0.25) is 4.99 Å². The topological polar surface area (TPSA) is 50.4 Å². The third-order valence-corrected chi connectivity index (χ3v) is 2.95. The van der Waals surface area contributed by atoms with Gasteiger partial charge in [-0.1, -0.05) is 25.4 Å². The molecule has 0 unspecified atom stereocenters. The second-order valence-corrected chi connectivity index (χ2v) is 5.47. The Morgan fingerprint density at radius 2 is 2.25 bits per heavy atom. The van der Waals surface area contributed by atoms with Gasteiger partial charge in [-0.05, 0) is 46.7 Å². The highest BCUT2D eigenvalue weighted by molar-refractivity contribution is 14.1. The molecule has 0 atom stereocenters. The van der Waals surface area contributed by atoms with Crippen LogP contribution in [0, 0.1) is 9.49 Å². The third-order valence-electron chi connectivity index (χ3n) is 1.82. The molecule has 0 fully saturated rings. The lowest BCUT2D eigenvalue weighted by Gasteiger charge is -2.08. The highest BCUT2D eigenvalue weighted by Gasteiger charge is 2.01. The van der Waals surface area contributed by atoms with Crippen LogP contribution in [-0.2, 0) is 0 Å². The van der Waals surface area contributed by atoms with Gasteiger partial charge in [-0.15, -0.1) is 0 Å². The number of hydrogen-bond donors (Lipinski definition) is 2. The first-order valence-electron chi connectivity index (χ1n) is 5.01. The normalized spacial score (nSPS) is 11.9. The fourth-order valence-electron chi connectivity index (χ4n) is 1.05. The van der Waals surface area contributed by atoms with Crippen LogP contribution in [0.25, 0.3) is 0 Å². The van der Waals surface area contributed by atoms with Crippen molar-refractivity contribution in [1.29, 1.82) is 0 Å². The summed E-state index contributed by atoms with van der Waals surface area (Å²) in [6.07, 6.45) is 0. The van der Waals surface area contributed by atoms with E-state index in [1.54, 1.807) is 0 Å². The number of nitrogens with two attached hydrogens (primary N) is 1. The number of nitrogens with zero attached hydrogens (tertiary/aromatic N) is 1. The van der Waals surface area contributed by atoms with Gasteiger partial charge in [-0.25, -0.2) is 0 Å². The lowest BCUT2D eigenvalue weighted by Crippen LogP contribution is -2.23. The Bertz CT molecular complexity index is 391. The lowest BCUT2D eigenvalue weighted by atomic mass is 10.2. The number of halogens is 2. The summed E-state index contributed by atoms with van der Waals surface area (Å²) >= 11 is 8.07.